The molecule has 0 aliphatic carbocycles. The molecule has 8 heteroatoms. The third-order valence-electron chi connectivity index (χ3n) is 6.52. The molecule has 8 nitrogen and oxygen atoms in total. The first-order valence-corrected chi connectivity index (χ1v) is 12.0. The molecular formula is C28H29N5O3. The summed E-state index contributed by atoms with van der Waals surface area (Å²) in [5, 5.41) is 13.2. The van der Waals surface area contributed by atoms with Crippen molar-refractivity contribution in [1.82, 2.24) is 14.9 Å². The van der Waals surface area contributed by atoms with Crippen molar-refractivity contribution in [1.29, 1.82) is 0 Å². The topological polar surface area (TPSA) is 105 Å². The molecular weight excluding hydrogens is 454 g/mol. The van der Waals surface area contributed by atoms with E-state index in [4.69, 9.17) is 20.4 Å². The van der Waals surface area contributed by atoms with Crippen LogP contribution >= 0.6 is 0 Å². The molecule has 4 aromatic rings. The van der Waals surface area contributed by atoms with Gasteiger partial charge in [0.2, 0.25) is 5.91 Å². The van der Waals surface area contributed by atoms with Crippen LogP contribution in [0.5, 0.6) is 11.8 Å². The van der Waals surface area contributed by atoms with Crippen LogP contribution < -0.4 is 15.4 Å². The molecule has 184 valence electrons. The second-order valence-electron chi connectivity index (χ2n) is 8.96. The van der Waals surface area contributed by atoms with Crippen molar-refractivity contribution < 1.29 is 14.6 Å². The van der Waals surface area contributed by atoms with Crippen LogP contribution in [0.1, 0.15) is 6.92 Å². The van der Waals surface area contributed by atoms with E-state index in [0.717, 1.165) is 38.6 Å². The lowest BCUT2D eigenvalue weighted by Crippen LogP contribution is -2.48. The Morgan fingerprint density at radius 2 is 1.89 bits per heavy atom. The predicted molar refractivity (Wildman–Crippen MR) is 142 cm³/mol. The van der Waals surface area contributed by atoms with Gasteiger partial charge in [0, 0.05) is 38.1 Å². The molecule has 1 aliphatic heterocycles. The minimum Gasteiger partial charge on any atom is -0.508 e. The zero-order valence-corrected chi connectivity index (χ0v) is 20.2. The van der Waals surface area contributed by atoms with Gasteiger partial charge in [-0.15, -0.1) is 0 Å². The zero-order chi connectivity index (χ0) is 25.2. The summed E-state index contributed by atoms with van der Waals surface area (Å²) in [7, 11) is 0. The molecule has 1 aromatic heterocycles. The number of phenolic OH excluding ortho intramolecular Hbond substituents is 1. The third-order valence-corrected chi connectivity index (χ3v) is 6.52. The van der Waals surface area contributed by atoms with E-state index >= 15 is 0 Å². The number of hydrogen-bond acceptors (Lipinski definition) is 7. The highest BCUT2D eigenvalue weighted by molar-refractivity contribution is 6.01. The van der Waals surface area contributed by atoms with E-state index in [2.05, 4.69) is 11.5 Å². The predicted octanol–water partition coefficient (Wildman–Crippen LogP) is 3.72. The van der Waals surface area contributed by atoms with E-state index < -0.39 is 0 Å². The van der Waals surface area contributed by atoms with Gasteiger partial charge in [-0.05, 0) is 59.2 Å². The second kappa shape index (κ2) is 9.83. The normalized spacial score (nSPS) is 14.7. The first-order valence-electron chi connectivity index (χ1n) is 12.0. The summed E-state index contributed by atoms with van der Waals surface area (Å²) in [5.41, 5.74) is 8.36. The number of hydrogen-bond donors (Lipinski definition) is 2. The Morgan fingerprint density at radius 1 is 1.11 bits per heavy atom. The molecule has 1 aliphatic rings. The van der Waals surface area contributed by atoms with Crippen LogP contribution in [0.15, 0.2) is 67.3 Å². The summed E-state index contributed by atoms with van der Waals surface area (Å²) in [5.74, 6) is 0.906. The summed E-state index contributed by atoms with van der Waals surface area (Å²) < 4.78 is 5.92. The van der Waals surface area contributed by atoms with Gasteiger partial charge in [-0.1, -0.05) is 36.9 Å². The third kappa shape index (κ3) is 4.55. The van der Waals surface area contributed by atoms with Crippen molar-refractivity contribution >= 4 is 33.4 Å². The number of fused-ring (bicyclic) bond motifs is 2. The lowest BCUT2D eigenvalue weighted by molar-refractivity contribution is -0.126. The van der Waals surface area contributed by atoms with E-state index in [0.29, 0.717) is 32.7 Å². The summed E-state index contributed by atoms with van der Waals surface area (Å²) in [6.07, 6.45) is 1.11. The number of nitrogens with two attached hydrogens (primary N) is 1. The number of benzene rings is 3. The van der Waals surface area contributed by atoms with Crippen LogP contribution in [0.2, 0.25) is 0 Å². The van der Waals surface area contributed by atoms with Crippen LogP contribution in [0.25, 0.3) is 32.8 Å². The highest BCUT2D eigenvalue weighted by atomic mass is 16.5. The van der Waals surface area contributed by atoms with E-state index in [9.17, 15) is 9.90 Å². The quantitative estimate of drug-likeness (QED) is 0.403. The first-order chi connectivity index (χ1) is 17.5. The van der Waals surface area contributed by atoms with E-state index in [1.807, 2.05) is 49.4 Å². The Kier molecular flexibility index (Phi) is 6.43. The smallest absolute Gasteiger partial charge is 0.319 e. The SMILES string of the molecule is C=CC(=O)N1CCN(c2nc(O[C@H](C)CN)nc3cc(-c4cc(O)cc5ccccc45)ccc23)CC1. The average molecular weight is 484 g/mol. The molecule has 0 radical (unpaired) electrons. The minimum atomic E-state index is -0.240. The van der Waals surface area contributed by atoms with Gasteiger partial charge in [0.05, 0.1) is 5.52 Å². The maximum absolute atomic E-state index is 12.0. The Morgan fingerprint density at radius 3 is 2.64 bits per heavy atom. The Bertz CT molecular complexity index is 1450. The molecule has 2 heterocycles. The number of rotatable bonds is 6. The Balaban J connectivity index is 1.59. The van der Waals surface area contributed by atoms with Gasteiger partial charge in [0.1, 0.15) is 17.7 Å². The Labute approximate surface area is 209 Å². The molecule has 1 saturated heterocycles. The average Bonchev–Trinajstić information content (AvgIpc) is 2.91. The molecule has 3 N–H and O–H groups in total. The van der Waals surface area contributed by atoms with Crippen molar-refractivity contribution in [3.63, 3.8) is 0 Å². The zero-order valence-electron chi connectivity index (χ0n) is 20.2. The van der Waals surface area contributed by atoms with E-state index in [1.54, 1.807) is 17.0 Å². The highest BCUT2D eigenvalue weighted by Gasteiger charge is 2.23. The molecule has 0 spiro atoms. The fourth-order valence-electron chi connectivity index (χ4n) is 4.58. The van der Waals surface area contributed by atoms with Crippen LogP contribution in [-0.2, 0) is 4.79 Å². The lowest BCUT2D eigenvalue weighted by Gasteiger charge is -2.35. The van der Waals surface area contributed by atoms with Crippen LogP contribution in [0, 0.1) is 0 Å². The van der Waals surface area contributed by atoms with Crippen LogP contribution in [0.4, 0.5) is 5.82 Å². The van der Waals surface area contributed by atoms with E-state index in [-0.39, 0.29) is 23.8 Å². The summed E-state index contributed by atoms with van der Waals surface area (Å²) in [4.78, 5) is 25.4. The standard InChI is InChI=1S/C28H29N5O3/c1-3-26(35)32-10-12-33(13-11-32)27-23-9-8-20(15-25(23)30-28(31-27)36-18(2)17-29)24-16-21(34)14-19-6-4-5-7-22(19)24/h3-9,14-16,18,34H,1,10-13,17,29H2,2H3/t18-/m1/s1. The molecule has 0 unspecified atom stereocenters. The number of aromatic nitrogens is 2. The van der Waals surface area contributed by atoms with Crippen LogP contribution in [-0.4, -0.2) is 64.7 Å². The number of carbonyl (C=O) groups excluding carboxylic acids is 1. The molecule has 1 atom stereocenters. The number of piperazine rings is 1. The number of nitrogens with zero attached hydrogens (tertiary/aromatic N) is 4. The number of aromatic hydroxyl groups is 1. The van der Waals surface area contributed by atoms with Crippen molar-refractivity contribution in [2.45, 2.75) is 13.0 Å². The van der Waals surface area contributed by atoms with Crippen LogP contribution in [0.3, 0.4) is 0 Å². The maximum atomic E-state index is 12.0. The Hall–Kier alpha value is -4.17. The van der Waals surface area contributed by atoms with E-state index in [1.165, 1.54) is 6.08 Å². The largest absolute Gasteiger partial charge is 0.508 e. The molecule has 0 bridgehead atoms. The fourth-order valence-corrected chi connectivity index (χ4v) is 4.58. The summed E-state index contributed by atoms with van der Waals surface area (Å²) >= 11 is 0. The van der Waals surface area contributed by atoms with Gasteiger partial charge in [0.15, 0.2) is 0 Å². The molecule has 1 fully saturated rings. The number of ether oxygens (including phenoxy) is 1. The van der Waals surface area contributed by atoms with Crippen molar-refractivity contribution in [3.8, 4) is 22.9 Å². The molecule has 5 rings (SSSR count). The monoisotopic (exact) mass is 483 g/mol. The number of anilines is 1. The summed E-state index contributed by atoms with van der Waals surface area (Å²) in [6.45, 7) is 8.25. The molecule has 36 heavy (non-hydrogen) atoms. The molecule has 0 saturated carbocycles. The van der Waals surface area contributed by atoms with Gasteiger partial charge < -0.3 is 25.4 Å². The molecule has 1 amide bonds. The van der Waals surface area contributed by atoms with Gasteiger partial charge >= 0.3 is 6.01 Å². The maximum Gasteiger partial charge on any atom is 0.319 e. The fraction of sp³-hybridized carbons (Fsp3) is 0.250. The minimum absolute atomic E-state index is 0.0639. The molecule has 3 aromatic carbocycles. The van der Waals surface area contributed by atoms with Gasteiger partial charge in [-0.2, -0.15) is 9.97 Å². The summed E-state index contributed by atoms with van der Waals surface area (Å²) in [6, 6.07) is 17.8. The number of amides is 1. The second-order valence-corrected chi connectivity index (χ2v) is 8.96. The van der Waals surface area contributed by atoms with Gasteiger partial charge in [-0.3, -0.25) is 4.79 Å². The van der Waals surface area contributed by atoms with Crippen molar-refractivity contribution in [2.75, 3.05) is 37.6 Å². The van der Waals surface area contributed by atoms with Gasteiger partial charge in [-0.25, -0.2) is 0 Å². The highest BCUT2D eigenvalue weighted by Crippen LogP contribution is 2.36. The number of carbonyl (C=O) groups is 1. The lowest BCUT2D eigenvalue weighted by atomic mass is 9.97. The first kappa shape index (κ1) is 23.6. The van der Waals surface area contributed by atoms with Crippen molar-refractivity contribution in [2.24, 2.45) is 5.73 Å². The number of phenols is 1. The van der Waals surface area contributed by atoms with Gasteiger partial charge in [0.25, 0.3) is 0 Å². The van der Waals surface area contributed by atoms with Crippen molar-refractivity contribution in [3.05, 3.63) is 67.3 Å².